The third kappa shape index (κ3) is 3.12. The highest BCUT2D eigenvalue weighted by Crippen LogP contribution is 2.23. The highest BCUT2D eigenvalue weighted by molar-refractivity contribution is 9.10. The van der Waals surface area contributed by atoms with Crippen molar-refractivity contribution in [2.45, 2.75) is 0 Å². The van der Waals surface area contributed by atoms with Crippen molar-refractivity contribution in [1.82, 2.24) is 0 Å². The van der Waals surface area contributed by atoms with Gasteiger partial charge in [0.1, 0.15) is 16.7 Å². The number of halogens is 1. The number of amides is 1. The molecule has 5 nitrogen and oxygen atoms in total. The summed E-state index contributed by atoms with van der Waals surface area (Å²) < 4.78 is 11.6. The Hall–Kier alpha value is -2.60. The van der Waals surface area contributed by atoms with Crippen LogP contribution in [0.4, 0.5) is 5.69 Å². The van der Waals surface area contributed by atoms with E-state index >= 15 is 0 Å². The number of ether oxygens (including phenoxy) is 1. The van der Waals surface area contributed by atoms with Crippen LogP contribution in [0.5, 0.6) is 5.75 Å². The Balaban J connectivity index is 1.98. The van der Waals surface area contributed by atoms with Crippen LogP contribution in [0.1, 0.15) is 10.6 Å². The highest BCUT2D eigenvalue weighted by atomic mass is 79.9. The molecule has 1 N–H and O–H groups in total. The van der Waals surface area contributed by atoms with Crippen LogP contribution in [0.3, 0.4) is 0 Å². The molecule has 0 fully saturated rings. The fourth-order valence-electron chi connectivity index (χ4n) is 2.19. The van der Waals surface area contributed by atoms with Crippen molar-refractivity contribution in [2.75, 3.05) is 12.4 Å². The van der Waals surface area contributed by atoms with Gasteiger partial charge in [-0.05, 0) is 36.4 Å². The molecule has 0 saturated carbocycles. The van der Waals surface area contributed by atoms with Crippen LogP contribution in [-0.4, -0.2) is 13.0 Å². The lowest BCUT2D eigenvalue weighted by atomic mass is 10.2. The number of anilines is 1. The van der Waals surface area contributed by atoms with Gasteiger partial charge in [-0.3, -0.25) is 9.59 Å². The second-order valence-electron chi connectivity index (χ2n) is 4.77. The molecule has 2 aromatic carbocycles. The molecule has 0 bridgehead atoms. The van der Waals surface area contributed by atoms with Crippen molar-refractivity contribution in [3.05, 3.63) is 69.0 Å². The summed E-state index contributed by atoms with van der Waals surface area (Å²) in [6.07, 6.45) is 0. The third-order valence-electron chi connectivity index (χ3n) is 3.26. The highest BCUT2D eigenvalue weighted by Gasteiger charge is 2.15. The second-order valence-corrected chi connectivity index (χ2v) is 5.69. The van der Waals surface area contributed by atoms with Crippen molar-refractivity contribution in [1.29, 1.82) is 0 Å². The SMILES string of the molecule is COc1cccc2oc(C(=O)Nc3ccc(Br)cc3)cc(=O)c12. The predicted molar refractivity (Wildman–Crippen MR) is 91.1 cm³/mol. The molecule has 3 aromatic rings. The molecule has 0 saturated heterocycles. The number of fused-ring (bicyclic) bond motifs is 1. The van der Waals surface area contributed by atoms with E-state index in [4.69, 9.17) is 9.15 Å². The summed E-state index contributed by atoms with van der Waals surface area (Å²) in [6, 6.07) is 13.2. The molecule has 1 heterocycles. The maximum Gasteiger partial charge on any atom is 0.291 e. The molecule has 3 rings (SSSR count). The quantitative estimate of drug-likeness (QED) is 0.757. The van der Waals surface area contributed by atoms with Crippen molar-refractivity contribution < 1.29 is 13.9 Å². The minimum Gasteiger partial charge on any atom is -0.496 e. The van der Waals surface area contributed by atoms with E-state index in [0.717, 1.165) is 4.47 Å². The van der Waals surface area contributed by atoms with Gasteiger partial charge in [-0.2, -0.15) is 0 Å². The van der Waals surface area contributed by atoms with Gasteiger partial charge in [0.15, 0.2) is 11.2 Å². The third-order valence-corrected chi connectivity index (χ3v) is 3.79. The molecule has 0 unspecified atom stereocenters. The van der Waals surface area contributed by atoms with E-state index in [-0.39, 0.29) is 11.2 Å². The molecule has 116 valence electrons. The van der Waals surface area contributed by atoms with Crippen LogP contribution in [0.15, 0.2) is 62.2 Å². The Morgan fingerprint density at radius 1 is 1.17 bits per heavy atom. The predicted octanol–water partition coefficient (Wildman–Crippen LogP) is 3.82. The first-order valence-corrected chi connectivity index (χ1v) is 7.55. The summed E-state index contributed by atoms with van der Waals surface area (Å²) in [4.78, 5) is 24.5. The molecule has 0 spiro atoms. The summed E-state index contributed by atoms with van der Waals surface area (Å²) in [7, 11) is 1.47. The zero-order chi connectivity index (χ0) is 16.4. The molecule has 0 radical (unpaired) electrons. The lowest BCUT2D eigenvalue weighted by Crippen LogP contribution is -2.15. The average Bonchev–Trinajstić information content (AvgIpc) is 2.56. The van der Waals surface area contributed by atoms with Gasteiger partial charge in [-0.15, -0.1) is 0 Å². The number of methoxy groups -OCH3 is 1. The van der Waals surface area contributed by atoms with Crippen molar-refractivity contribution >= 4 is 38.5 Å². The fourth-order valence-corrected chi connectivity index (χ4v) is 2.45. The summed E-state index contributed by atoms with van der Waals surface area (Å²) in [5, 5.41) is 3.00. The van der Waals surface area contributed by atoms with Crippen LogP contribution < -0.4 is 15.5 Å². The molecular weight excluding hydrogens is 362 g/mol. The summed E-state index contributed by atoms with van der Waals surface area (Å²) in [6.45, 7) is 0. The van der Waals surface area contributed by atoms with E-state index in [1.807, 2.05) is 0 Å². The van der Waals surface area contributed by atoms with Gasteiger partial charge in [0.05, 0.1) is 7.11 Å². The topological polar surface area (TPSA) is 68.5 Å². The zero-order valence-corrected chi connectivity index (χ0v) is 13.7. The van der Waals surface area contributed by atoms with Crippen LogP contribution in [0.2, 0.25) is 0 Å². The normalized spacial score (nSPS) is 10.5. The van der Waals surface area contributed by atoms with Gasteiger partial charge in [0, 0.05) is 16.2 Å². The Labute approximate surface area is 140 Å². The van der Waals surface area contributed by atoms with E-state index in [0.29, 0.717) is 22.4 Å². The van der Waals surface area contributed by atoms with Crippen molar-refractivity contribution in [2.24, 2.45) is 0 Å². The molecule has 1 aromatic heterocycles. The van der Waals surface area contributed by atoms with Crippen LogP contribution in [0.25, 0.3) is 11.0 Å². The summed E-state index contributed by atoms with van der Waals surface area (Å²) in [5.74, 6) is -0.135. The number of rotatable bonds is 3. The first-order chi connectivity index (χ1) is 11.1. The van der Waals surface area contributed by atoms with E-state index in [2.05, 4.69) is 21.2 Å². The lowest BCUT2D eigenvalue weighted by Gasteiger charge is -2.07. The molecule has 23 heavy (non-hydrogen) atoms. The number of benzene rings is 2. The molecule has 0 atom stereocenters. The Bertz CT molecular complexity index is 931. The Kier molecular flexibility index (Phi) is 4.16. The van der Waals surface area contributed by atoms with Gasteiger partial charge < -0.3 is 14.5 Å². The minimum absolute atomic E-state index is 0.0568. The van der Waals surface area contributed by atoms with Gasteiger partial charge in [0.2, 0.25) is 0 Å². The molecular formula is C17H12BrNO4. The van der Waals surface area contributed by atoms with E-state index < -0.39 is 5.91 Å². The molecule has 6 heteroatoms. The van der Waals surface area contributed by atoms with Crippen molar-refractivity contribution in [3.8, 4) is 5.75 Å². The fraction of sp³-hybridized carbons (Fsp3) is 0.0588. The zero-order valence-electron chi connectivity index (χ0n) is 12.1. The van der Waals surface area contributed by atoms with Gasteiger partial charge in [-0.1, -0.05) is 22.0 Å². The first kappa shape index (κ1) is 15.3. The summed E-state index contributed by atoms with van der Waals surface area (Å²) >= 11 is 3.32. The molecule has 0 aliphatic carbocycles. The standard InChI is InChI=1S/C17H12BrNO4/c1-22-13-3-2-4-14-16(13)12(20)9-15(23-14)17(21)19-11-7-5-10(18)6-8-11/h2-9H,1H3,(H,19,21). The Morgan fingerprint density at radius 2 is 1.91 bits per heavy atom. The number of hydrogen-bond acceptors (Lipinski definition) is 4. The maximum atomic E-state index is 12.3. The summed E-state index contributed by atoms with van der Waals surface area (Å²) in [5.41, 5.74) is 0.578. The molecule has 0 aliphatic rings. The van der Waals surface area contributed by atoms with E-state index in [1.165, 1.54) is 13.2 Å². The van der Waals surface area contributed by atoms with Crippen molar-refractivity contribution in [3.63, 3.8) is 0 Å². The van der Waals surface area contributed by atoms with Crippen LogP contribution in [0, 0.1) is 0 Å². The number of hydrogen-bond donors (Lipinski definition) is 1. The first-order valence-electron chi connectivity index (χ1n) is 6.76. The van der Waals surface area contributed by atoms with Gasteiger partial charge in [0.25, 0.3) is 5.91 Å². The number of carbonyl (C=O) groups is 1. The average molecular weight is 374 g/mol. The van der Waals surface area contributed by atoms with E-state index in [1.54, 1.807) is 42.5 Å². The Morgan fingerprint density at radius 3 is 2.61 bits per heavy atom. The van der Waals surface area contributed by atoms with Crippen LogP contribution in [-0.2, 0) is 0 Å². The minimum atomic E-state index is -0.492. The second kappa shape index (κ2) is 6.26. The van der Waals surface area contributed by atoms with Gasteiger partial charge >= 0.3 is 0 Å². The molecule has 0 aliphatic heterocycles. The largest absolute Gasteiger partial charge is 0.496 e. The van der Waals surface area contributed by atoms with Gasteiger partial charge in [-0.25, -0.2) is 0 Å². The maximum absolute atomic E-state index is 12.3. The monoisotopic (exact) mass is 373 g/mol. The lowest BCUT2D eigenvalue weighted by molar-refractivity contribution is 0.0997. The van der Waals surface area contributed by atoms with Crippen LogP contribution >= 0.6 is 15.9 Å². The smallest absolute Gasteiger partial charge is 0.291 e. The van der Waals surface area contributed by atoms with E-state index in [9.17, 15) is 9.59 Å². The number of carbonyl (C=O) groups excluding carboxylic acids is 1. The number of nitrogens with one attached hydrogen (secondary N) is 1. The molecule has 1 amide bonds.